The summed E-state index contributed by atoms with van der Waals surface area (Å²) in [5.41, 5.74) is 0. The molecule has 1 heteroatoms. The lowest BCUT2D eigenvalue weighted by Crippen LogP contribution is -2.40. The van der Waals surface area contributed by atoms with Gasteiger partial charge in [-0.2, -0.15) is 0 Å². The second-order valence-corrected chi connectivity index (χ2v) is 4.65. The molecule has 0 heterocycles. The van der Waals surface area contributed by atoms with E-state index in [0.29, 0.717) is 0 Å². The minimum absolute atomic E-state index is 1.06. The number of unbranched alkanes of at least 4 members (excludes halogenated alkanes) is 4. The Morgan fingerprint density at radius 3 is 2.08 bits per heavy atom. The molecule has 1 nitrogen and oxygen atoms in total. The fourth-order valence-corrected chi connectivity index (χ4v) is 1.68. The van der Waals surface area contributed by atoms with Crippen LogP contribution in [-0.4, -0.2) is 31.7 Å². The second kappa shape index (κ2) is 7.37. The van der Waals surface area contributed by atoms with Gasteiger partial charge in [0.2, 0.25) is 0 Å². The van der Waals surface area contributed by atoms with E-state index in [4.69, 9.17) is 0 Å². The van der Waals surface area contributed by atoms with Crippen LogP contribution >= 0.6 is 0 Å². The van der Waals surface area contributed by atoms with Crippen molar-refractivity contribution in [3.8, 4) is 0 Å². The predicted molar refractivity (Wildman–Crippen MR) is 60.6 cm³/mol. The quantitative estimate of drug-likeness (QED) is 0.402. The molecule has 0 aromatic rings. The number of nitrogens with zero attached hydrogens (tertiary/aromatic N) is 1. The Labute approximate surface area is 84.7 Å². The molecule has 0 saturated carbocycles. The van der Waals surface area contributed by atoms with Crippen LogP contribution < -0.4 is 0 Å². The van der Waals surface area contributed by atoms with Gasteiger partial charge in [-0.1, -0.05) is 26.2 Å². The summed E-state index contributed by atoms with van der Waals surface area (Å²) in [5.74, 6) is 0. The topological polar surface area (TPSA) is 0 Å². The van der Waals surface area contributed by atoms with E-state index in [2.05, 4.69) is 27.9 Å². The van der Waals surface area contributed by atoms with Gasteiger partial charge >= 0.3 is 0 Å². The molecule has 0 aliphatic carbocycles. The van der Waals surface area contributed by atoms with Crippen LogP contribution in [0.3, 0.4) is 0 Å². The monoisotopic (exact) mass is 185 g/mol. The maximum absolute atomic E-state index is 3.91. The Hall–Kier alpha value is -0.0400. The molecule has 13 heavy (non-hydrogen) atoms. The fraction of sp³-hybridized carbons (Fsp3) is 0.917. The minimum Gasteiger partial charge on any atom is -0.328 e. The van der Waals surface area contributed by atoms with Gasteiger partial charge in [0.25, 0.3) is 0 Å². The average Bonchev–Trinajstić information content (AvgIpc) is 2.04. The molecule has 0 unspecified atom stereocenters. The predicted octanol–water partition coefficient (Wildman–Crippen LogP) is 3.26. The van der Waals surface area contributed by atoms with Crippen LogP contribution in [0.25, 0.3) is 0 Å². The van der Waals surface area contributed by atoms with Crippen LogP contribution in [0.15, 0.2) is 0 Å². The van der Waals surface area contributed by atoms with Crippen molar-refractivity contribution in [2.75, 3.05) is 27.2 Å². The first kappa shape index (κ1) is 13.0. The Balaban J connectivity index is 3.29. The van der Waals surface area contributed by atoms with Gasteiger partial charge in [0.1, 0.15) is 0 Å². The summed E-state index contributed by atoms with van der Waals surface area (Å²) in [6.45, 7) is 8.71. The van der Waals surface area contributed by atoms with E-state index in [9.17, 15) is 0 Å². The first-order chi connectivity index (χ1) is 6.12. The average molecular weight is 185 g/mol. The number of quaternary nitrogens is 1. The van der Waals surface area contributed by atoms with Crippen LogP contribution in [0, 0.1) is 6.92 Å². The molecule has 0 bridgehead atoms. The van der Waals surface area contributed by atoms with Crippen LogP contribution in [0.4, 0.5) is 0 Å². The van der Waals surface area contributed by atoms with Crippen LogP contribution in [-0.2, 0) is 0 Å². The van der Waals surface area contributed by atoms with Gasteiger partial charge in [-0.15, -0.1) is 0 Å². The summed E-state index contributed by atoms with van der Waals surface area (Å²) in [5, 5.41) is 0. The first-order valence-electron chi connectivity index (χ1n) is 5.73. The molecule has 79 valence electrons. The van der Waals surface area contributed by atoms with Gasteiger partial charge in [0.05, 0.1) is 27.2 Å². The highest BCUT2D eigenvalue weighted by atomic mass is 15.3. The highest BCUT2D eigenvalue weighted by molar-refractivity contribution is 4.44. The SMILES string of the molecule is [CH2]CC[N+](C)(C)CCCCCCC. The third kappa shape index (κ3) is 8.29. The van der Waals surface area contributed by atoms with Gasteiger partial charge in [-0.25, -0.2) is 0 Å². The third-order valence-electron chi connectivity index (χ3n) is 2.63. The smallest absolute Gasteiger partial charge is 0.0782 e. The zero-order chi connectivity index (χ0) is 10.2. The molecule has 0 fully saturated rings. The number of hydrogen-bond donors (Lipinski definition) is 0. The van der Waals surface area contributed by atoms with E-state index in [0.717, 1.165) is 10.9 Å². The van der Waals surface area contributed by atoms with Crippen molar-refractivity contribution < 1.29 is 4.48 Å². The maximum atomic E-state index is 3.91. The molecule has 0 atom stereocenters. The Morgan fingerprint density at radius 1 is 0.923 bits per heavy atom. The zero-order valence-corrected chi connectivity index (χ0v) is 9.81. The molecule has 1 radical (unpaired) electrons. The summed E-state index contributed by atoms with van der Waals surface area (Å²) < 4.78 is 1.15. The van der Waals surface area contributed by atoms with Gasteiger partial charge in [-0.05, 0) is 26.2 Å². The van der Waals surface area contributed by atoms with Crippen LogP contribution in [0.5, 0.6) is 0 Å². The maximum Gasteiger partial charge on any atom is 0.0782 e. The Bertz CT molecular complexity index is 108. The largest absolute Gasteiger partial charge is 0.328 e. The Morgan fingerprint density at radius 2 is 1.54 bits per heavy atom. The normalized spacial score (nSPS) is 12.0. The van der Waals surface area contributed by atoms with Crippen molar-refractivity contribution >= 4 is 0 Å². The molecule has 0 rings (SSSR count). The standard InChI is InChI=1S/C12H27N/c1-5-7-8-9-10-12-13(3,4)11-6-2/h2,5-12H2,1,3-4H3/q+1. The molecule has 0 aliphatic rings. The third-order valence-corrected chi connectivity index (χ3v) is 2.63. The van der Waals surface area contributed by atoms with Gasteiger partial charge in [0.15, 0.2) is 0 Å². The van der Waals surface area contributed by atoms with E-state index in [-0.39, 0.29) is 0 Å². The lowest BCUT2D eigenvalue weighted by Gasteiger charge is -2.29. The van der Waals surface area contributed by atoms with Gasteiger partial charge < -0.3 is 4.48 Å². The second-order valence-electron chi connectivity index (χ2n) is 4.65. The molecule has 0 spiro atoms. The molecule has 0 aromatic carbocycles. The van der Waals surface area contributed by atoms with Crippen LogP contribution in [0.1, 0.15) is 45.4 Å². The molecule has 0 aromatic heterocycles. The molecule has 0 saturated heterocycles. The van der Waals surface area contributed by atoms with E-state index < -0.39 is 0 Å². The summed E-state index contributed by atoms with van der Waals surface area (Å²) in [4.78, 5) is 0. The van der Waals surface area contributed by atoms with Crippen molar-refractivity contribution in [2.45, 2.75) is 45.4 Å². The lowest BCUT2D eigenvalue weighted by atomic mass is 10.1. The van der Waals surface area contributed by atoms with Crippen molar-refractivity contribution in [1.82, 2.24) is 0 Å². The molecular weight excluding hydrogens is 158 g/mol. The van der Waals surface area contributed by atoms with Crippen molar-refractivity contribution in [3.63, 3.8) is 0 Å². The van der Waals surface area contributed by atoms with E-state index in [1.54, 1.807) is 0 Å². The van der Waals surface area contributed by atoms with Crippen molar-refractivity contribution in [3.05, 3.63) is 6.92 Å². The fourth-order valence-electron chi connectivity index (χ4n) is 1.68. The van der Waals surface area contributed by atoms with Crippen molar-refractivity contribution in [1.29, 1.82) is 0 Å². The van der Waals surface area contributed by atoms with E-state index >= 15 is 0 Å². The first-order valence-corrected chi connectivity index (χ1v) is 5.73. The highest BCUT2D eigenvalue weighted by Gasteiger charge is 2.11. The summed E-state index contributed by atoms with van der Waals surface area (Å²) in [6, 6.07) is 0. The summed E-state index contributed by atoms with van der Waals surface area (Å²) in [6.07, 6.45) is 8.02. The number of rotatable bonds is 8. The summed E-state index contributed by atoms with van der Waals surface area (Å²) >= 11 is 0. The molecular formula is C12H27N+. The van der Waals surface area contributed by atoms with E-state index in [1.165, 1.54) is 45.2 Å². The lowest BCUT2D eigenvalue weighted by molar-refractivity contribution is -0.890. The molecule has 0 N–H and O–H groups in total. The van der Waals surface area contributed by atoms with Crippen molar-refractivity contribution in [2.24, 2.45) is 0 Å². The van der Waals surface area contributed by atoms with Gasteiger partial charge in [0, 0.05) is 0 Å². The Kier molecular flexibility index (Phi) is 7.35. The van der Waals surface area contributed by atoms with E-state index in [1.807, 2.05) is 0 Å². The summed E-state index contributed by atoms with van der Waals surface area (Å²) in [7, 11) is 4.62. The number of hydrogen-bond acceptors (Lipinski definition) is 0. The zero-order valence-electron chi connectivity index (χ0n) is 9.81. The van der Waals surface area contributed by atoms with Gasteiger partial charge in [-0.3, -0.25) is 0 Å². The molecule has 0 amide bonds. The molecule has 0 aliphatic heterocycles. The van der Waals surface area contributed by atoms with Crippen LogP contribution in [0.2, 0.25) is 0 Å². The highest BCUT2D eigenvalue weighted by Crippen LogP contribution is 2.07. The minimum atomic E-state index is 1.06.